The number of quaternary nitrogens is 1. The predicted molar refractivity (Wildman–Crippen MR) is 59.3 cm³/mol. The quantitative estimate of drug-likeness (QED) is 0.556. The molecule has 0 fully saturated rings. The zero-order valence-electron chi connectivity index (χ0n) is 9.32. The molecular weight excluding hydrogens is 190 g/mol. The second-order valence-electron chi connectivity index (χ2n) is 3.35. The molecule has 0 spiro atoms. The summed E-state index contributed by atoms with van der Waals surface area (Å²) in [5.41, 5.74) is 0.756. The Kier molecular flexibility index (Phi) is 4.84. The molecule has 15 heavy (non-hydrogen) atoms. The van der Waals surface area contributed by atoms with E-state index in [1.165, 1.54) is 0 Å². The Morgan fingerprint density at radius 2 is 2.00 bits per heavy atom. The number of nitrogens with two attached hydrogens (primary N) is 1. The van der Waals surface area contributed by atoms with Crippen LogP contribution in [0.2, 0.25) is 0 Å². The molecule has 0 unspecified atom stereocenters. The van der Waals surface area contributed by atoms with Crippen molar-refractivity contribution in [3.8, 4) is 5.75 Å². The Hall–Kier alpha value is -1.35. The Balaban J connectivity index is 2.52. The smallest absolute Gasteiger partial charge is 0.162 e. The molecule has 1 aromatic rings. The maximum absolute atomic E-state index is 11.3. The highest BCUT2D eigenvalue weighted by Crippen LogP contribution is 2.12. The van der Waals surface area contributed by atoms with E-state index in [4.69, 9.17) is 4.74 Å². The van der Waals surface area contributed by atoms with Gasteiger partial charge in [-0.3, -0.25) is 4.79 Å². The standard InChI is InChI=1S/C12H17NO2/c1-3-12(14)10-4-6-11(7-5-10)15-9-8-13-2/h4-7,13H,3,8-9H2,1-2H3/p+1. The lowest BCUT2D eigenvalue weighted by Gasteiger charge is -2.04. The maximum Gasteiger partial charge on any atom is 0.162 e. The number of Topliss-reactive ketones (excluding diaryl/α,β-unsaturated/α-hetero) is 1. The average Bonchev–Trinajstić information content (AvgIpc) is 2.29. The van der Waals surface area contributed by atoms with E-state index in [-0.39, 0.29) is 5.78 Å². The lowest BCUT2D eigenvalue weighted by atomic mass is 10.1. The van der Waals surface area contributed by atoms with Gasteiger partial charge in [0.25, 0.3) is 0 Å². The molecule has 0 aliphatic carbocycles. The van der Waals surface area contributed by atoms with Gasteiger partial charge in [-0.1, -0.05) is 6.92 Å². The molecule has 0 atom stereocenters. The summed E-state index contributed by atoms with van der Waals surface area (Å²) in [5.74, 6) is 0.993. The number of rotatable bonds is 6. The van der Waals surface area contributed by atoms with E-state index in [0.717, 1.165) is 17.9 Å². The van der Waals surface area contributed by atoms with Gasteiger partial charge in [0.15, 0.2) is 5.78 Å². The maximum atomic E-state index is 11.3. The van der Waals surface area contributed by atoms with Crippen molar-refractivity contribution >= 4 is 5.78 Å². The van der Waals surface area contributed by atoms with Crippen LogP contribution >= 0.6 is 0 Å². The Morgan fingerprint density at radius 1 is 1.33 bits per heavy atom. The molecule has 3 heteroatoms. The van der Waals surface area contributed by atoms with E-state index in [2.05, 4.69) is 5.32 Å². The number of hydrogen-bond donors (Lipinski definition) is 1. The van der Waals surface area contributed by atoms with Gasteiger partial charge in [0, 0.05) is 12.0 Å². The molecular formula is C12H18NO2+. The second-order valence-corrected chi connectivity index (χ2v) is 3.35. The summed E-state index contributed by atoms with van der Waals surface area (Å²) in [4.78, 5) is 11.3. The van der Waals surface area contributed by atoms with Crippen molar-refractivity contribution in [2.45, 2.75) is 13.3 Å². The highest BCUT2D eigenvalue weighted by atomic mass is 16.5. The van der Waals surface area contributed by atoms with E-state index in [1.54, 1.807) is 0 Å². The second kappa shape index (κ2) is 6.19. The van der Waals surface area contributed by atoms with Crippen LogP contribution < -0.4 is 10.1 Å². The molecule has 0 saturated carbocycles. The van der Waals surface area contributed by atoms with Gasteiger partial charge in [-0.15, -0.1) is 0 Å². The highest BCUT2D eigenvalue weighted by Gasteiger charge is 2.02. The van der Waals surface area contributed by atoms with E-state index in [9.17, 15) is 4.79 Å². The molecule has 0 saturated heterocycles. The van der Waals surface area contributed by atoms with E-state index >= 15 is 0 Å². The van der Waals surface area contributed by atoms with Crippen molar-refractivity contribution in [2.24, 2.45) is 0 Å². The van der Waals surface area contributed by atoms with Gasteiger partial charge in [-0.05, 0) is 24.3 Å². The Bertz CT molecular complexity index is 306. The molecule has 0 aliphatic rings. The van der Waals surface area contributed by atoms with E-state index in [0.29, 0.717) is 13.0 Å². The van der Waals surface area contributed by atoms with Crippen LogP contribution in [-0.2, 0) is 0 Å². The van der Waals surface area contributed by atoms with Crippen LogP contribution in [0.5, 0.6) is 5.75 Å². The number of likely N-dealkylation sites (N-methyl/N-ethyl adjacent to an activating group) is 1. The molecule has 0 aromatic heterocycles. The number of carbonyl (C=O) groups excluding carboxylic acids is 1. The summed E-state index contributed by atoms with van der Waals surface area (Å²) in [6.07, 6.45) is 0.547. The van der Waals surface area contributed by atoms with Gasteiger partial charge >= 0.3 is 0 Å². The highest BCUT2D eigenvalue weighted by molar-refractivity contribution is 5.95. The normalized spacial score (nSPS) is 10.0. The monoisotopic (exact) mass is 208 g/mol. The fourth-order valence-electron chi connectivity index (χ4n) is 1.24. The molecule has 82 valence electrons. The first-order chi connectivity index (χ1) is 7.27. The summed E-state index contributed by atoms with van der Waals surface area (Å²) < 4.78 is 5.47. The van der Waals surface area contributed by atoms with Crippen LogP contribution in [0.25, 0.3) is 0 Å². The van der Waals surface area contributed by atoms with E-state index in [1.807, 2.05) is 38.2 Å². The van der Waals surface area contributed by atoms with Crippen molar-refractivity contribution in [3.63, 3.8) is 0 Å². The molecule has 3 nitrogen and oxygen atoms in total. The Labute approximate surface area is 90.4 Å². The minimum absolute atomic E-state index is 0.170. The van der Waals surface area contributed by atoms with Crippen LogP contribution in [0, 0.1) is 0 Å². The summed E-state index contributed by atoms with van der Waals surface area (Å²) in [7, 11) is 2.01. The number of ketones is 1. The van der Waals surface area contributed by atoms with Crippen LogP contribution in [0.4, 0.5) is 0 Å². The van der Waals surface area contributed by atoms with Crippen LogP contribution in [0.1, 0.15) is 23.7 Å². The number of ether oxygens (including phenoxy) is 1. The zero-order valence-corrected chi connectivity index (χ0v) is 9.32. The van der Waals surface area contributed by atoms with E-state index < -0.39 is 0 Å². The van der Waals surface area contributed by atoms with Crippen molar-refractivity contribution < 1.29 is 14.8 Å². The van der Waals surface area contributed by atoms with Gasteiger partial charge < -0.3 is 10.1 Å². The molecule has 1 rings (SSSR count). The summed E-state index contributed by atoms with van der Waals surface area (Å²) in [6.45, 7) is 3.50. The predicted octanol–water partition coefficient (Wildman–Crippen LogP) is 0.851. The largest absolute Gasteiger partial charge is 0.488 e. The van der Waals surface area contributed by atoms with Crippen molar-refractivity contribution in [1.29, 1.82) is 0 Å². The molecule has 0 amide bonds. The zero-order chi connectivity index (χ0) is 11.1. The lowest BCUT2D eigenvalue weighted by Crippen LogP contribution is -2.80. The third-order valence-electron chi connectivity index (χ3n) is 2.17. The summed E-state index contributed by atoms with van der Waals surface area (Å²) in [5, 5.41) is 2.06. The SMILES string of the molecule is CCC(=O)c1ccc(OCC[NH2+]C)cc1. The van der Waals surface area contributed by atoms with Gasteiger partial charge in [0.05, 0.1) is 7.05 Å². The molecule has 2 N–H and O–H groups in total. The third kappa shape index (κ3) is 3.72. The molecule has 0 aliphatic heterocycles. The van der Waals surface area contributed by atoms with Gasteiger partial charge in [-0.2, -0.15) is 0 Å². The van der Waals surface area contributed by atoms with Crippen molar-refractivity contribution in [3.05, 3.63) is 29.8 Å². The van der Waals surface area contributed by atoms with Crippen LogP contribution in [0.3, 0.4) is 0 Å². The van der Waals surface area contributed by atoms with Gasteiger partial charge in [0.1, 0.15) is 18.9 Å². The number of carbonyl (C=O) groups is 1. The molecule has 0 heterocycles. The first-order valence-corrected chi connectivity index (χ1v) is 5.31. The van der Waals surface area contributed by atoms with Crippen LogP contribution in [-0.4, -0.2) is 26.0 Å². The third-order valence-corrected chi connectivity index (χ3v) is 2.17. The number of hydrogen-bond acceptors (Lipinski definition) is 2. The Morgan fingerprint density at radius 3 is 2.53 bits per heavy atom. The fraction of sp³-hybridized carbons (Fsp3) is 0.417. The first-order valence-electron chi connectivity index (χ1n) is 5.31. The van der Waals surface area contributed by atoms with Crippen molar-refractivity contribution in [2.75, 3.05) is 20.2 Å². The number of benzene rings is 1. The fourth-order valence-corrected chi connectivity index (χ4v) is 1.24. The average molecular weight is 208 g/mol. The van der Waals surface area contributed by atoms with Gasteiger partial charge in [0.2, 0.25) is 0 Å². The first kappa shape index (κ1) is 11.7. The molecule has 0 radical (unpaired) electrons. The lowest BCUT2D eigenvalue weighted by molar-refractivity contribution is -0.627. The van der Waals surface area contributed by atoms with Gasteiger partial charge in [-0.25, -0.2) is 0 Å². The summed E-state index contributed by atoms with van der Waals surface area (Å²) >= 11 is 0. The van der Waals surface area contributed by atoms with Crippen LogP contribution in [0.15, 0.2) is 24.3 Å². The van der Waals surface area contributed by atoms with Crippen molar-refractivity contribution in [1.82, 2.24) is 0 Å². The summed E-state index contributed by atoms with van der Waals surface area (Å²) in [6, 6.07) is 7.32. The minimum Gasteiger partial charge on any atom is -0.488 e. The molecule has 1 aromatic carbocycles. The topological polar surface area (TPSA) is 42.9 Å². The minimum atomic E-state index is 0.170. The molecule has 0 bridgehead atoms.